The number of carbonyl (C=O) groups is 1. The van der Waals surface area contributed by atoms with Crippen LogP contribution in [0, 0.1) is 14.9 Å². The summed E-state index contributed by atoms with van der Waals surface area (Å²) >= 11 is 2.04. The fraction of sp³-hybridized carbons (Fsp3) is 0.0833. The van der Waals surface area contributed by atoms with E-state index in [0.29, 0.717) is 0 Å². The molecule has 2 N–H and O–H groups in total. The average Bonchev–Trinajstić information content (AvgIpc) is 2.72. The molecule has 0 aliphatic rings. The maximum atomic E-state index is 12.0. The largest absolute Gasteiger partial charge is 0.507 e. The summed E-state index contributed by atoms with van der Waals surface area (Å²) < 4.78 is 2.25. The molecule has 2 rings (SSSR count). The van der Waals surface area contributed by atoms with Crippen molar-refractivity contribution in [3.8, 4) is 11.8 Å². The van der Waals surface area contributed by atoms with E-state index in [0.717, 1.165) is 3.57 Å². The minimum atomic E-state index is -0.508. The van der Waals surface area contributed by atoms with Crippen molar-refractivity contribution < 1.29 is 9.90 Å². The number of anilines is 1. The number of benzene rings is 1. The molecule has 0 aliphatic carbocycles. The maximum absolute atomic E-state index is 12.0. The van der Waals surface area contributed by atoms with Gasteiger partial charge in [-0.15, -0.1) is 0 Å². The molecule has 0 spiro atoms. The number of halogens is 1. The number of nitrogens with zero attached hydrogens (tertiary/aromatic N) is 3. The lowest BCUT2D eigenvalue weighted by atomic mass is 10.2. The van der Waals surface area contributed by atoms with Crippen molar-refractivity contribution in [3.05, 3.63) is 39.1 Å². The summed E-state index contributed by atoms with van der Waals surface area (Å²) in [5.74, 6) is -0.452. The Bertz CT molecular complexity index is 688. The quantitative estimate of drug-likeness (QED) is 0.792. The SMILES string of the molecule is Cn1cc(C#N)c(NC(=O)c2cc(I)ccc2O)n1. The number of aromatic nitrogens is 2. The minimum Gasteiger partial charge on any atom is -0.507 e. The lowest BCUT2D eigenvalue weighted by Crippen LogP contribution is -2.13. The first-order chi connectivity index (χ1) is 9.01. The molecule has 0 saturated heterocycles. The molecule has 6 nitrogen and oxygen atoms in total. The van der Waals surface area contributed by atoms with Gasteiger partial charge in [-0.25, -0.2) is 0 Å². The molecule has 0 aliphatic heterocycles. The Morgan fingerprint density at radius 3 is 3.00 bits per heavy atom. The molecule has 0 radical (unpaired) electrons. The second kappa shape index (κ2) is 5.27. The normalized spacial score (nSPS) is 9.95. The Hall–Kier alpha value is -2.08. The lowest BCUT2D eigenvalue weighted by Gasteiger charge is -2.05. The fourth-order valence-electron chi connectivity index (χ4n) is 1.53. The smallest absolute Gasteiger partial charge is 0.260 e. The molecular formula is C12H9IN4O2. The van der Waals surface area contributed by atoms with Crippen LogP contribution >= 0.6 is 22.6 Å². The molecule has 1 heterocycles. The van der Waals surface area contributed by atoms with Crippen molar-refractivity contribution in [3.63, 3.8) is 0 Å². The summed E-state index contributed by atoms with van der Waals surface area (Å²) in [6.07, 6.45) is 1.50. The third-order valence-electron chi connectivity index (χ3n) is 2.38. The Kier molecular flexibility index (Phi) is 3.71. The van der Waals surface area contributed by atoms with Gasteiger partial charge in [0, 0.05) is 16.8 Å². The van der Waals surface area contributed by atoms with Gasteiger partial charge in [-0.1, -0.05) is 0 Å². The van der Waals surface area contributed by atoms with Crippen LogP contribution in [0.25, 0.3) is 0 Å². The van der Waals surface area contributed by atoms with E-state index in [1.165, 1.54) is 16.9 Å². The van der Waals surface area contributed by atoms with Crippen LogP contribution in [0.3, 0.4) is 0 Å². The molecule has 0 atom stereocenters. The van der Waals surface area contributed by atoms with Crippen LogP contribution in [0.4, 0.5) is 5.82 Å². The molecule has 1 aromatic carbocycles. The third-order valence-corrected chi connectivity index (χ3v) is 3.06. The topological polar surface area (TPSA) is 90.9 Å². The molecular weight excluding hydrogens is 359 g/mol. The van der Waals surface area contributed by atoms with Crippen molar-refractivity contribution in [1.82, 2.24) is 9.78 Å². The second-order valence-electron chi connectivity index (χ2n) is 3.79. The first-order valence-electron chi connectivity index (χ1n) is 5.25. The molecule has 1 amide bonds. The molecule has 0 fully saturated rings. The van der Waals surface area contributed by atoms with E-state index in [1.54, 1.807) is 19.2 Å². The standard InChI is InChI=1S/C12H9IN4O2/c1-17-6-7(5-14)11(16-17)15-12(19)9-4-8(13)2-3-10(9)18/h2-4,6,18H,1H3,(H,15,16,19). The lowest BCUT2D eigenvalue weighted by molar-refractivity contribution is 0.102. The van der Waals surface area contributed by atoms with Gasteiger partial charge in [0.25, 0.3) is 5.91 Å². The number of aryl methyl sites for hydroxylation is 1. The van der Waals surface area contributed by atoms with Gasteiger partial charge in [-0.3, -0.25) is 9.48 Å². The van der Waals surface area contributed by atoms with Crippen LogP contribution < -0.4 is 5.32 Å². The first-order valence-corrected chi connectivity index (χ1v) is 6.32. The number of nitriles is 1. The molecule has 2 aromatic rings. The minimum absolute atomic E-state index is 0.118. The summed E-state index contributed by atoms with van der Waals surface area (Å²) in [5.41, 5.74) is 0.405. The Morgan fingerprint density at radius 1 is 1.58 bits per heavy atom. The van der Waals surface area contributed by atoms with E-state index >= 15 is 0 Å². The third kappa shape index (κ3) is 2.85. The van der Waals surface area contributed by atoms with Gasteiger partial charge in [0.05, 0.1) is 5.56 Å². The van der Waals surface area contributed by atoms with Gasteiger partial charge >= 0.3 is 0 Å². The van der Waals surface area contributed by atoms with Crippen LogP contribution in [0.5, 0.6) is 5.75 Å². The van der Waals surface area contributed by atoms with Gasteiger partial charge < -0.3 is 10.4 Å². The van der Waals surface area contributed by atoms with Crippen molar-refractivity contribution in [2.24, 2.45) is 7.05 Å². The van der Waals surface area contributed by atoms with Crippen LogP contribution in [-0.4, -0.2) is 20.8 Å². The Morgan fingerprint density at radius 2 is 2.32 bits per heavy atom. The zero-order chi connectivity index (χ0) is 14.0. The van der Waals surface area contributed by atoms with E-state index in [4.69, 9.17) is 5.26 Å². The number of nitrogens with one attached hydrogen (secondary N) is 1. The highest BCUT2D eigenvalue weighted by molar-refractivity contribution is 14.1. The molecule has 0 saturated carbocycles. The first kappa shape index (κ1) is 13.4. The van der Waals surface area contributed by atoms with Crippen LogP contribution in [0.15, 0.2) is 24.4 Å². The van der Waals surface area contributed by atoms with Gasteiger partial charge in [0.1, 0.15) is 17.4 Å². The van der Waals surface area contributed by atoms with Gasteiger partial charge in [-0.2, -0.15) is 10.4 Å². The van der Waals surface area contributed by atoms with E-state index in [-0.39, 0.29) is 22.7 Å². The predicted molar refractivity (Wildman–Crippen MR) is 76.7 cm³/mol. The summed E-state index contributed by atoms with van der Waals surface area (Å²) in [6.45, 7) is 0. The molecule has 19 heavy (non-hydrogen) atoms. The number of amides is 1. The monoisotopic (exact) mass is 368 g/mol. The van der Waals surface area contributed by atoms with Crippen molar-refractivity contribution >= 4 is 34.3 Å². The highest BCUT2D eigenvalue weighted by Crippen LogP contribution is 2.21. The zero-order valence-corrected chi connectivity index (χ0v) is 12.0. The number of hydrogen-bond acceptors (Lipinski definition) is 4. The molecule has 0 unspecified atom stereocenters. The summed E-state index contributed by atoms with van der Waals surface area (Å²) in [7, 11) is 1.65. The predicted octanol–water partition coefficient (Wildman–Crippen LogP) is 1.85. The fourth-order valence-corrected chi connectivity index (χ4v) is 2.02. The summed E-state index contributed by atoms with van der Waals surface area (Å²) in [6, 6.07) is 6.63. The van der Waals surface area contributed by atoms with Gasteiger partial charge in [0.2, 0.25) is 0 Å². The van der Waals surface area contributed by atoms with Gasteiger partial charge in [-0.05, 0) is 40.8 Å². The van der Waals surface area contributed by atoms with E-state index in [2.05, 4.69) is 10.4 Å². The van der Waals surface area contributed by atoms with Crippen LogP contribution in [-0.2, 0) is 7.05 Å². The summed E-state index contributed by atoms with van der Waals surface area (Å²) in [4.78, 5) is 12.0. The average molecular weight is 368 g/mol. The number of hydrogen-bond donors (Lipinski definition) is 2. The van der Waals surface area contributed by atoms with E-state index in [9.17, 15) is 9.90 Å². The number of rotatable bonds is 2. The Balaban J connectivity index is 2.31. The number of phenolic OH excluding ortho intramolecular Hbond substituents is 1. The van der Waals surface area contributed by atoms with Crippen molar-refractivity contribution in [2.45, 2.75) is 0 Å². The summed E-state index contributed by atoms with van der Waals surface area (Å²) in [5, 5.41) is 25.1. The second-order valence-corrected chi connectivity index (χ2v) is 5.04. The molecule has 0 bridgehead atoms. The highest BCUT2D eigenvalue weighted by Gasteiger charge is 2.15. The van der Waals surface area contributed by atoms with Crippen LogP contribution in [0.1, 0.15) is 15.9 Å². The molecule has 7 heteroatoms. The van der Waals surface area contributed by atoms with Crippen LogP contribution in [0.2, 0.25) is 0 Å². The van der Waals surface area contributed by atoms with E-state index < -0.39 is 5.91 Å². The van der Waals surface area contributed by atoms with E-state index in [1.807, 2.05) is 28.7 Å². The van der Waals surface area contributed by atoms with Crippen molar-refractivity contribution in [1.29, 1.82) is 5.26 Å². The van der Waals surface area contributed by atoms with Crippen molar-refractivity contribution in [2.75, 3.05) is 5.32 Å². The zero-order valence-electron chi connectivity index (χ0n) is 9.88. The van der Waals surface area contributed by atoms with Gasteiger partial charge in [0.15, 0.2) is 5.82 Å². The molecule has 96 valence electrons. The Labute approximate surface area is 122 Å². The number of phenols is 1. The maximum Gasteiger partial charge on any atom is 0.260 e. The molecule has 1 aromatic heterocycles. The number of aromatic hydroxyl groups is 1. The number of carbonyl (C=O) groups excluding carboxylic acids is 1. The highest BCUT2D eigenvalue weighted by atomic mass is 127.